The van der Waals surface area contributed by atoms with E-state index >= 15 is 0 Å². The van der Waals surface area contributed by atoms with Crippen molar-refractivity contribution in [3.8, 4) is 11.6 Å². The minimum absolute atomic E-state index is 0.0133. The number of hydrogen-bond acceptors (Lipinski definition) is 5. The third kappa shape index (κ3) is 4.12. The number of ether oxygens (including phenoxy) is 1. The molecule has 0 aliphatic heterocycles. The lowest BCUT2D eigenvalue weighted by atomic mass is 10.2. The summed E-state index contributed by atoms with van der Waals surface area (Å²) < 4.78 is 6.96. The van der Waals surface area contributed by atoms with Gasteiger partial charge in [0.2, 0.25) is 0 Å². The number of amides is 1. The summed E-state index contributed by atoms with van der Waals surface area (Å²) >= 11 is 0. The number of aryl methyl sites for hydroxylation is 2. The number of rotatable bonds is 6. The number of aromatic nitrogens is 2. The molecule has 0 saturated heterocycles. The molecule has 8 heteroatoms. The van der Waals surface area contributed by atoms with Crippen LogP contribution in [0.4, 0.5) is 5.69 Å². The van der Waals surface area contributed by atoms with Crippen LogP contribution in [0.3, 0.4) is 0 Å². The van der Waals surface area contributed by atoms with Crippen LogP contribution in [-0.2, 0) is 13.6 Å². The molecule has 1 aromatic heterocycles. The van der Waals surface area contributed by atoms with Gasteiger partial charge in [-0.25, -0.2) is 4.68 Å². The molecule has 2 aromatic carbocycles. The maximum absolute atomic E-state index is 12.4. The lowest BCUT2D eigenvalue weighted by Gasteiger charge is -2.08. The second kappa shape index (κ2) is 7.69. The van der Waals surface area contributed by atoms with E-state index in [1.807, 2.05) is 30.3 Å². The molecule has 138 valence electrons. The van der Waals surface area contributed by atoms with Gasteiger partial charge in [-0.15, -0.1) is 0 Å². The van der Waals surface area contributed by atoms with Crippen molar-refractivity contribution in [1.29, 1.82) is 0 Å². The first-order valence-corrected chi connectivity index (χ1v) is 8.23. The van der Waals surface area contributed by atoms with E-state index in [-0.39, 0.29) is 23.2 Å². The lowest BCUT2D eigenvalue weighted by Crippen LogP contribution is -2.22. The summed E-state index contributed by atoms with van der Waals surface area (Å²) in [5.41, 5.74) is 1.44. The Bertz CT molecular complexity index is 983. The Hall–Kier alpha value is -3.68. The van der Waals surface area contributed by atoms with E-state index in [4.69, 9.17) is 4.74 Å². The van der Waals surface area contributed by atoms with Gasteiger partial charge in [-0.1, -0.05) is 36.4 Å². The standard InChI is InChI=1S/C19H18N4O4/c1-13-17(23(25)26)19(22(2)21-13)27-16-10-6-9-15(11-16)18(24)20-12-14-7-4-3-5-8-14/h3-11H,12H2,1-2H3,(H,20,24). The van der Waals surface area contributed by atoms with Gasteiger partial charge in [-0.2, -0.15) is 5.10 Å². The number of nitro groups is 1. The van der Waals surface area contributed by atoms with Crippen molar-refractivity contribution in [3.05, 3.63) is 81.5 Å². The first kappa shape index (κ1) is 18.1. The van der Waals surface area contributed by atoms with Gasteiger partial charge in [-0.05, 0) is 30.7 Å². The lowest BCUT2D eigenvalue weighted by molar-refractivity contribution is -0.386. The predicted octanol–water partition coefficient (Wildman–Crippen LogP) is 3.36. The number of hydrogen-bond donors (Lipinski definition) is 1. The third-order valence-corrected chi connectivity index (χ3v) is 3.93. The molecule has 3 rings (SSSR count). The Morgan fingerprint density at radius 3 is 2.67 bits per heavy atom. The molecule has 1 N–H and O–H groups in total. The van der Waals surface area contributed by atoms with E-state index < -0.39 is 4.92 Å². The summed E-state index contributed by atoms with van der Waals surface area (Å²) in [5.74, 6) is 0.0628. The van der Waals surface area contributed by atoms with Gasteiger partial charge >= 0.3 is 5.69 Å². The van der Waals surface area contributed by atoms with Crippen LogP contribution >= 0.6 is 0 Å². The molecule has 1 heterocycles. The minimum Gasteiger partial charge on any atom is -0.434 e. The molecule has 0 aliphatic carbocycles. The van der Waals surface area contributed by atoms with Crippen LogP contribution in [0, 0.1) is 17.0 Å². The summed E-state index contributed by atoms with van der Waals surface area (Å²) in [4.78, 5) is 23.1. The van der Waals surface area contributed by atoms with Gasteiger partial charge in [0.15, 0.2) is 0 Å². The molecule has 3 aromatic rings. The highest BCUT2D eigenvalue weighted by molar-refractivity contribution is 5.94. The molecule has 0 unspecified atom stereocenters. The minimum atomic E-state index is -0.534. The zero-order chi connectivity index (χ0) is 19.4. The molecule has 0 saturated carbocycles. The molecule has 0 radical (unpaired) electrons. The Kier molecular flexibility index (Phi) is 5.16. The first-order chi connectivity index (χ1) is 13.0. The number of nitrogens with zero attached hydrogens (tertiary/aromatic N) is 3. The van der Waals surface area contributed by atoms with E-state index in [1.54, 1.807) is 32.2 Å². The number of carbonyl (C=O) groups excluding carboxylic acids is 1. The molecule has 0 atom stereocenters. The largest absolute Gasteiger partial charge is 0.434 e. The van der Waals surface area contributed by atoms with Crippen LogP contribution in [0.25, 0.3) is 0 Å². The molecule has 27 heavy (non-hydrogen) atoms. The quantitative estimate of drug-likeness (QED) is 0.533. The van der Waals surface area contributed by atoms with E-state index in [0.717, 1.165) is 5.56 Å². The molecule has 0 spiro atoms. The highest BCUT2D eigenvalue weighted by Gasteiger charge is 2.26. The van der Waals surface area contributed by atoms with Crippen molar-refractivity contribution in [2.24, 2.45) is 7.05 Å². The van der Waals surface area contributed by atoms with Gasteiger partial charge < -0.3 is 10.1 Å². The fourth-order valence-corrected chi connectivity index (χ4v) is 2.64. The van der Waals surface area contributed by atoms with Gasteiger partial charge in [0, 0.05) is 19.2 Å². The molecule has 0 bridgehead atoms. The van der Waals surface area contributed by atoms with Crippen molar-refractivity contribution in [2.45, 2.75) is 13.5 Å². The maximum atomic E-state index is 12.4. The summed E-state index contributed by atoms with van der Waals surface area (Å²) in [6.45, 7) is 1.94. The highest BCUT2D eigenvalue weighted by Crippen LogP contribution is 2.33. The fraction of sp³-hybridized carbons (Fsp3) is 0.158. The Labute approximate surface area is 155 Å². The average molecular weight is 366 g/mol. The average Bonchev–Trinajstić information content (AvgIpc) is 2.94. The van der Waals surface area contributed by atoms with Crippen LogP contribution < -0.4 is 10.1 Å². The maximum Gasteiger partial charge on any atom is 0.353 e. The van der Waals surface area contributed by atoms with Gasteiger partial charge in [0.1, 0.15) is 11.4 Å². The zero-order valence-electron chi connectivity index (χ0n) is 14.9. The molecule has 1 amide bonds. The van der Waals surface area contributed by atoms with Crippen LogP contribution in [0.2, 0.25) is 0 Å². The van der Waals surface area contributed by atoms with Crippen molar-refractivity contribution in [1.82, 2.24) is 15.1 Å². The molecule has 8 nitrogen and oxygen atoms in total. The van der Waals surface area contributed by atoms with Crippen molar-refractivity contribution >= 4 is 11.6 Å². The zero-order valence-corrected chi connectivity index (χ0v) is 14.9. The second-order valence-electron chi connectivity index (χ2n) is 5.92. The highest BCUT2D eigenvalue weighted by atomic mass is 16.6. The van der Waals surface area contributed by atoms with Crippen LogP contribution in [-0.4, -0.2) is 20.6 Å². The van der Waals surface area contributed by atoms with Crippen LogP contribution in [0.5, 0.6) is 11.6 Å². The third-order valence-electron chi connectivity index (χ3n) is 3.93. The molecule has 0 aliphatic rings. The normalized spacial score (nSPS) is 10.4. The predicted molar refractivity (Wildman–Crippen MR) is 98.7 cm³/mol. The van der Waals surface area contributed by atoms with E-state index in [9.17, 15) is 14.9 Å². The van der Waals surface area contributed by atoms with Crippen LogP contribution in [0.1, 0.15) is 21.6 Å². The number of carbonyl (C=O) groups is 1. The monoisotopic (exact) mass is 366 g/mol. The van der Waals surface area contributed by atoms with E-state index in [1.165, 1.54) is 10.7 Å². The van der Waals surface area contributed by atoms with Crippen molar-refractivity contribution in [2.75, 3.05) is 0 Å². The summed E-state index contributed by atoms with van der Waals surface area (Å²) in [6.07, 6.45) is 0. The number of nitrogens with one attached hydrogen (secondary N) is 1. The summed E-state index contributed by atoms with van der Waals surface area (Å²) in [6, 6.07) is 16.0. The van der Waals surface area contributed by atoms with Crippen molar-refractivity contribution in [3.63, 3.8) is 0 Å². The topological polar surface area (TPSA) is 99.3 Å². The second-order valence-corrected chi connectivity index (χ2v) is 5.92. The molecular weight excluding hydrogens is 348 g/mol. The SMILES string of the molecule is Cc1nn(C)c(Oc2cccc(C(=O)NCc3ccccc3)c2)c1[N+](=O)[O-]. The van der Waals surface area contributed by atoms with Gasteiger partial charge in [-0.3, -0.25) is 14.9 Å². The van der Waals surface area contributed by atoms with Crippen molar-refractivity contribution < 1.29 is 14.5 Å². The summed E-state index contributed by atoms with van der Waals surface area (Å²) in [7, 11) is 1.56. The fourth-order valence-electron chi connectivity index (χ4n) is 2.64. The Morgan fingerprint density at radius 2 is 1.96 bits per heavy atom. The molecular formula is C19H18N4O4. The summed E-state index contributed by atoms with van der Waals surface area (Å²) in [5, 5.41) is 18.1. The van der Waals surface area contributed by atoms with Crippen LogP contribution in [0.15, 0.2) is 54.6 Å². The molecule has 0 fully saturated rings. The Morgan fingerprint density at radius 1 is 1.22 bits per heavy atom. The smallest absolute Gasteiger partial charge is 0.353 e. The number of benzene rings is 2. The Balaban J connectivity index is 1.76. The van der Waals surface area contributed by atoms with E-state index in [0.29, 0.717) is 17.9 Å². The van der Waals surface area contributed by atoms with E-state index in [2.05, 4.69) is 10.4 Å². The van der Waals surface area contributed by atoms with Gasteiger partial charge in [0.05, 0.1) is 4.92 Å². The van der Waals surface area contributed by atoms with Gasteiger partial charge in [0.25, 0.3) is 11.8 Å². The first-order valence-electron chi connectivity index (χ1n) is 8.23.